The quantitative estimate of drug-likeness (QED) is 0.876. The molecule has 1 aromatic rings. The lowest BCUT2D eigenvalue weighted by atomic mass is 10.1. The van der Waals surface area contributed by atoms with E-state index in [1.54, 1.807) is 7.11 Å². The van der Waals surface area contributed by atoms with Gasteiger partial charge in [0.1, 0.15) is 0 Å². The maximum atomic E-state index is 5.85. The van der Waals surface area contributed by atoms with E-state index in [0.717, 1.165) is 41.8 Å². The minimum atomic E-state index is 0.378. The van der Waals surface area contributed by atoms with Gasteiger partial charge < -0.3 is 14.8 Å². The van der Waals surface area contributed by atoms with Crippen LogP contribution in [0.5, 0.6) is 11.5 Å². The normalized spacial score (nSPS) is 14.8. The largest absolute Gasteiger partial charge is 0.493 e. The van der Waals surface area contributed by atoms with Gasteiger partial charge in [0.15, 0.2) is 11.5 Å². The van der Waals surface area contributed by atoms with Crippen molar-refractivity contribution >= 4 is 15.9 Å². The highest BCUT2D eigenvalue weighted by Gasteiger charge is 2.26. The maximum absolute atomic E-state index is 5.85. The second-order valence-electron chi connectivity index (χ2n) is 4.28. The SMILES string of the molecule is CNCCc1cc(Br)c(OC2CC2)c(OC)c1. The smallest absolute Gasteiger partial charge is 0.175 e. The van der Waals surface area contributed by atoms with Crippen LogP contribution in [0.3, 0.4) is 0 Å². The van der Waals surface area contributed by atoms with Crippen molar-refractivity contribution in [3.8, 4) is 11.5 Å². The van der Waals surface area contributed by atoms with Crippen LogP contribution in [0.25, 0.3) is 0 Å². The molecule has 0 aromatic heterocycles. The molecule has 0 radical (unpaired) electrons. The standard InChI is InChI=1S/C13H18BrNO2/c1-15-6-5-9-7-11(14)13(12(8-9)16-2)17-10-3-4-10/h7-8,10,15H,3-6H2,1-2H3. The predicted octanol–water partition coefficient (Wildman–Crippen LogP) is 2.76. The number of hydrogen-bond donors (Lipinski definition) is 1. The Bertz CT molecular complexity index is 391. The van der Waals surface area contributed by atoms with Crippen LogP contribution in [0.15, 0.2) is 16.6 Å². The Balaban J connectivity index is 2.19. The monoisotopic (exact) mass is 299 g/mol. The fraction of sp³-hybridized carbons (Fsp3) is 0.538. The number of hydrogen-bond acceptors (Lipinski definition) is 3. The summed E-state index contributed by atoms with van der Waals surface area (Å²) in [6.45, 7) is 0.957. The fourth-order valence-electron chi connectivity index (χ4n) is 1.65. The van der Waals surface area contributed by atoms with E-state index in [1.165, 1.54) is 5.56 Å². The van der Waals surface area contributed by atoms with Gasteiger partial charge in [-0.1, -0.05) is 0 Å². The van der Waals surface area contributed by atoms with Gasteiger partial charge in [0.25, 0.3) is 0 Å². The molecular formula is C13H18BrNO2. The van der Waals surface area contributed by atoms with E-state index in [0.29, 0.717) is 6.10 Å². The van der Waals surface area contributed by atoms with Crippen LogP contribution in [0, 0.1) is 0 Å². The van der Waals surface area contributed by atoms with Gasteiger partial charge in [0, 0.05) is 0 Å². The highest BCUT2D eigenvalue weighted by atomic mass is 79.9. The summed E-state index contributed by atoms with van der Waals surface area (Å²) < 4.78 is 12.2. The van der Waals surface area contributed by atoms with Crippen molar-refractivity contribution in [3.05, 3.63) is 22.2 Å². The van der Waals surface area contributed by atoms with Crippen molar-refractivity contribution < 1.29 is 9.47 Å². The zero-order valence-electron chi connectivity index (χ0n) is 10.3. The summed E-state index contributed by atoms with van der Waals surface area (Å²) in [6.07, 6.45) is 3.66. The lowest BCUT2D eigenvalue weighted by molar-refractivity contribution is 0.280. The van der Waals surface area contributed by atoms with Crippen LogP contribution < -0.4 is 14.8 Å². The number of nitrogens with one attached hydrogen (secondary N) is 1. The van der Waals surface area contributed by atoms with Crippen LogP contribution in [0.2, 0.25) is 0 Å². The van der Waals surface area contributed by atoms with Crippen molar-refractivity contribution in [2.24, 2.45) is 0 Å². The molecule has 17 heavy (non-hydrogen) atoms. The van der Waals surface area contributed by atoms with Crippen LogP contribution in [-0.2, 0) is 6.42 Å². The van der Waals surface area contributed by atoms with Gasteiger partial charge >= 0.3 is 0 Å². The molecule has 2 rings (SSSR count). The predicted molar refractivity (Wildman–Crippen MR) is 72.0 cm³/mol. The second kappa shape index (κ2) is 5.74. The number of ether oxygens (including phenoxy) is 2. The minimum absolute atomic E-state index is 0.378. The Morgan fingerprint density at radius 2 is 2.18 bits per heavy atom. The van der Waals surface area contributed by atoms with Crippen molar-refractivity contribution in [1.82, 2.24) is 5.32 Å². The third kappa shape index (κ3) is 3.36. The molecule has 3 nitrogen and oxygen atoms in total. The lowest BCUT2D eigenvalue weighted by Gasteiger charge is -2.14. The van der Waals surface area contributed by atoms with Crippen molar-refractivity contribution in [1.29, 1.82) is 0 Å². The summed E-state index contributed by atoms with van der Waals surface area (Å²) in [5.74, 6) is 1.65. The van der Waals surface area contributed by atoms with Crippen LogP contribution in [0.4, 0.5) is 0 Å². The Hall–Kier alpha value is -0.740. The van der Waals surface area contributed by atoms with Gasteiger partial charge in [0.05, 0.1) is 17.7 Å². The average Bonchev–Trinajstić information content (AvgIpc) is 3.13. The van der Waals surface area contributed by atoms with E-state index in [-0.39, 0.29) is 0 Å². The molecule has 1 aliphatic carbocycles. The molecule has 1 fully saturated rings. The summed E-state index contributed by atoms with van der Waals surface area (Å²) >= 11 is 3.56. The molecule has 0 atom stereocenters. The minimum Gasteiger partial charge on any atom is -0.493 e. The molecule has 0 bridgehead atoms. The first kappa shape index (κ1) is 12.7. The molecule has 0 saturated heterocycles. The van der Waals surface area contributed by atoms with Crippen molar-refractivity contribution in [3.63, 3.8) is 0 Å². The number of methoxy groups -OCH3 is 1. The molecule has 1 aromatic carbocycles. The van der Waals surface area contributed by atoms with Crippen LogP contribution in [0.1, 0.15) is 18.4 Å². The van der Waals surface area contributed by atoms with Gasteiger partial charge in [0.2, 0.25) is 0 Å². The second-order valence-corrected chi connectivity index (χ2v) is 5.13. The number of rotatable bonds is 6. The molecule has 0 heterocycles. The van der Waals surface area contributed by atoms with E-state index < -0.39 is 0 Å². The summed E-state index contributed by atoms with van der Waals surface area (Å²) in [6, 6.07) is 4.16. The molecule has 1 saturated carbocycles. The van der Waals surface area contributed by atoms with E-state index in [9.17, 15) is 0 Å². The molecule has 1 N–H and O–H groups in total. The zero-order valence-corrected chi connectivity index (χ0v) is 11.8. The number of halogens is 1. The lowest BCUT2D eigenvalue weighted by Crippen LogP contribution is -2.10. The third-order valence-electron chi connectivity index (χ3n) is 2.76. The molecule has 0 aliphatic heterocycles. The van der Waals surface area contributed by atoms with Crippen molar-refractivity contribution in [2.75, 3.05) is 20.7 Å². The highest BCUT2D eigenvalue weighted by Crippen LogP contribution is 2.40. The van der Waals surface area contributed by atoms with E-state index in [2.05, 4.69) is 33.4 Å². The third-order valence-corrected chi connectivity index (χ3v) is 3.35. The van der Waals surface area contributed by atoms with E-state index >= 15 is 0 Å². The molecule has 1 aliphatic rings. The van der Waals surface area contributed by atoms with E-state index in [4.69, 9.17) is 9.47 Å². The van der Waals surface area contributed by atoms with Gasteiger partial charge in [-0.25, -0.2) is 0 Å². The Labute approximate surface area is 111 Å². The van der Waals surface area contributed by atoms with Crippen LogP contribution >= 0.6 is 15.9 Å². The summed E-state index contributed by atoms with van der Waals surface area (Å²) in [5, 5.41) is 3.14. The first-order valence-electron chi connectivity index (χ1n) is 5.92. The Morgan fingerprint density at radius 3 is 2.76 bits per heavy atom. The molecule has 94 valence electrons. The van der Waals surface area contributed by atoms with Crippen molar-refractivity contribution in [2.45, 2.75) is 25.4 Å². The van der Waals surface area contributed by atoms with Crippen LogP contribution in [-0.4, -0.2) is 26.8 Å². The first-order chi connectivity index (χ1) is 8.24. The molecule has 4 heteroatoms. The molecule has 0 spiro atoms. The zero-order chi connectivity index (χ0) is 12.3. The van der Waals surface area contributed by atoms with Gasteiger partial charge in [-0.3, -0.25) is 0 Å². The average molecular weight is 300 g/mol. The first-order valence-corrected chi connectivity index (χ1v) is 6.71. The van der Waals surface area contributed by atoms with Gasteiger partial charge in [-0.2, -0.15) is 0 Å². The number of likely N-dealkylation sites (N-methyl/N-ethyl adjacent to an activating group) is 1. The maximum Gasteiger partial charge on any atom is 0.175 e. The molecule has 0 unspecified atom stereocenters. The summed E-state index contributed by atoms with van der Waals surface area (Å²) in [5.41, 5.74) is 1.24. The summed E-state index contributed by atoms with van der Waals surface area (Å²) in [7, 11) is 3.64. The van der Waals surface area contributed by atoms with Gasteiger partial charge in [-0.15, -0.1) is 0 Å². The molecular weight excluding hydrogens is 282 g/mol. The number of benzene rings is 1. The van der Waals surface area contributed by atoms with Gasteiger partial charge in [-0.05, 0) is 66.5 Å². The Morgan fingerprint density at radius 1 is 1.41 bits per heavy atom. The molecule has 0 amide bonds. The fourth-order valence-corrected chi connectivity index (χ4v) is 2.24. The Kier molecular flexibility index (Phi) is 4.29. The highest BCUT2D eigenvalue weighted by molar-refractivity contribution is 9.10. The summed E-state index contributed by atoms with van der Waals surface area (Å²) in [4.78, 5) is 0. The van der Waals surface area contributed by atoms with E-state index in [1.807, 2.05) is 7.05 Å². The topological polar surface area (TPSA) is 30.5 Å².